The molecule has 1 aromatic rings. The van der Waals surface area contributed by atoms with Gasteiger partial charge in [0.25, 0.3) is 0 Å². The summed E-state index contributed by atoms with van der Waals surface area (Å²) in [6.07, 6.45) is 4.76. The normalized spacial score (nSPS) is 22.4. The van der Waals surface area contributed by atoms with Crippen molar-refractivity contribution in [2.24, 2.45) is 0 Å². The Labute approximate surface area is 121 Å². The Kier molecular flexibility index (Phi) is 4.93. The molecule has 2 unspecified atom stereocenters. The van der Waals surface area contributed by atoms with Gasteiger partial charge in [-0.2, -0.15) is 11.8 Å². The Balaban J connectivity index is 1.98. The molecule has 0 amide bonds. The zero-order valence-corrected chi connectivity index (χ0v) is 12.3. The van der Waals surface area contributed by atoms with E-state index >= 15 is 0 Å². The molecule has 4 nitrogen and oxygen atoms in total. The SMILES string of the molecule is CCSC1CCC(Nc2ncc(C(=O)O)cc2Cl)C1. The number of pyridine rings is 1. The van der Waals surface area contributed by atoms with Gasteiger partial charge in [0.1, 0.15) is 5.82 Å². The first-order chi connectivity index (χ1) is 9.10. The van der Waals surface area contributed by atoms with Crippen molar-refractivity contribution in [3.05, 3.63) is 22.8 Å². The third kappa shape index (κ3) is 3.76. The maximum Gasteiger partial charge on any atom is 0.337 e. The van der Waals surface area contributed by atoms with Gasteiger partial charge < -0.3 is 10.4 Å². The largest absolute Gasteiger partial charge is 0.478 e. The van der Waals surface area contributed by atoms with E-state index in [2.05, 4.69) is 17.2 Å². The number of aromatic carboxylic acids is 1. The van der Waals surface area contributed by atoms with Crippen molar-refractivity contribution in [1.29, 1.82) is 0 Å². The second-order valence-corrected chi connectivity index (χ2v) is 6.58. The van der Waals surface area contributed by atoms with E-state index in [1.807, 2.05) is 11.8 Å². The molecule has 1 aromatic heterocycles. The van der Waals surface area contributed by atoms with Crippen LogP contribution in [0.4, 0.5) is 5.82 Å². The van der Waals surface area contributed by atoms with Crippen LogP contribution in [0.2, 0.25) is 5.02 Å². The Morgan fingerprint density at radius 3 is 3.05 bits per heavy atom. The molecule has 2 atom stereocenters. The number of nitrogens with zero attached hydrogens (tertiary/aromatic N) is 1. The van der Waals surface area contributed by atoms with Gasteiger partial charge in [0.15, 0.2) is 0 Å². The first kappa shape index (κ1) is 14.5. The first-order valence-corrected chi connectivity index (χ1v) is 7.79. The molecular formula is C13H17ClN2O2S. The lowest BCUT2D eigenvalue weighted by Crippen LogP contribution is -2.17. The minimum Gasteiger partial charge on any atom is -0.478 e. The highest BCUT2D eigenvalue weighted by atomic mass is 35.5. The van der Waals surface area contributed by atoms with Gasteiger partial charge in [-0.3, -0.25) is 0 Å². The van der Waals surface area contributed by atoms with Crippen molar-refractivity contribution in [3.63, 3.8) is 0 Å². The van der Waals surface area contributed by atoms with Crippen molar-refractivity contribution in [2.45, 2.75) is 37.5 Å². The van der Waals surface area contributed by atoms with E-state index in [0.717, 1.165) is 18.6 Å². The predicted molar refractivity (Wildman–Crippen MR) is 79.4 cm³/mol. The molecule has 0 aromatic carbocycles. The average molecular weight is 301 g/mol. The fraction of sp³-hybridized carbons (Fsp3) is 0.538. The third-order valence-electron chi connectivity index (χ3n) is 3.22. The van der Waals surface area contributed by atoms with Crippen LogP contribution in [-0.4, -0.2) is 33.1 Å². The number of halogens is 1. The molecule has 0 bridgehead atoms. The first-order valence-electron chi connectivity index (χ1n) is 6.37. The molecule has 0 spiro atoms. The van der Waals surface area contributed by atoms with Crippen molar-refractivity contribution in [1.82, 2.24) is 4.98 Å². The summed E-state index contributed by atoms with van der Waals surface area (Å²) in [7, 11) is 0. The molecule has 1 aliphatic carbocycles. The van der Waals surface area contributed by atoms with Gasteiger partial charge in [-0.05, 0) is 31.1 Å². The lowest BCUT2D eigenvalue weighted by atomic mass is 10.2. The van der Waals surface area contributed by atoms with Crippen LogP contribution in [0.5, 0.6) is 0 Å². The molecule has 1 heterocycles. The fourth-order valence-electron chi connectivity index (χ4n) is 2.31. The van der Waals surface area contributed by atoms with Gasteiger partial charge in [0, 0.05) is 17.5 Å². The number of rotatable bonds is 5. The average Bonchev–Trinajstić information content (AvgIpc) is 2.79. The second kappa shape index (κ2) is 6.48. The predicted octanol–water partition coefficient (Wildman–Crippen LogP) is 3.52. The quantitative estimate of drug-likeness (QED) is 0.871. The molecule has 2 N–H and O–H groups in total. The molecule has 1 fully saturated rings. The van der Waals surface area contributed by atoms with Gasteiger partial charge in [0.2, 0.25) is 0 Å². The maximum absolute atomic E-state index is 10.8. The van der Waals surface area contributed by atoms with E-state index in [4.69, 9.17) is 16.7 Å². The van der Waals surface area contributed by atoms with Gasteiger partial charge in [-0.25, -0.2) is 9.78 Å². The van der Waals surface area contributed by atoms with Crippen LogP contribution in [0, 0.1) is 0 Å². The number of nitrogens with one attached hydrogen (secondary N) is 1. The molecule has 0 radical (unpaired) electrons. The zero-order valence-electron chi connectivity index (χ0n) is 10.7. The highest BCUT2D eigenvalue weighted by Gasteiger charge is 2.25. The zero-order chi connectivity index (χ0) is 13.8. The minimum atomic E-state index is -1.01. The lowest BCUT2D eigenvalue weighted by molar-refractivity contribution is 0.0696. The van der Waals surface area contributed by atoms with E-state index < -0.39 is 5.97 Å². The van der Waals surface area contributed by atoms with E-state index in [0.29, 0.717) is 22.1 Å². The Morgan fingerprint density at radius 1 is 1.63 bits per heavy atom. The fourth-order valence-corrected chi connectivity index (χ4v) is 3.68. The van der Waals surface area contributed by atoms with Gasteiger partial charge in [0.05, 0.1) is 10.6 Å². The van der Waals surface area contributed by atoms with Crippen LogP contribution in [0.15, 0.2) is 12.3 Å². The summed E-state index contributed by atoms with van der Waals surface area (Å²) in [4.78, 5) is 14.9. The van der Waals surface area contributed by atoms with Crippen LogP contribution in [0.1, 0.15) is 36.5 Å². The Bertz CT molecular complexity index is 470. The van der Waals surface area contributed by atoms with Crippen molar-refractivity contribution in [2.75, 3.05) is 11.1 Å². The molecule has 6 heteroatoms. The van der Waals surface area contributed by atoms with Crippen molar-refractivity contribution < 1.29 is 9.90 Å². The minimum absolute atomic E-state index is 0.112. The topological polar surface area (TPSA) is 62.2 Å². The monoisotopic (exact) mass is 300 g/mol. The summed E-state index contributed by atoms with van der Waals surface area (Å²) in [5, 5.41) is 13.2. The number of carboxylic acid groups (broad SMARTS) is 1. The van der Waals surface area contributed by atoms with E-state index in [1.54, 1.807) is 0 Å². The number of anilines is 1. The van der Waals surface area contributed by atoms with Gasteiger partial charge >= 0.3 is 5.97 Å². The van der Waals surface area contributed by atoms with E-state index in [9.17, 15) is 4.79 Å². The summed E-state index contributed by atoms with van der Waals surface area (Å²) in [6, 6.07) is 1.82. The lowest BCUT2D eigenvalue weighted by Gasteiger charge is -2.15. The number of hydrogen-bond acceptors (Lipinski definition) is 4. The molecule has 2 rings (SSSR count). The Hall–Kier alpha value is -0.940. The Morgan fingerprint density at radius 2 is 2.42 bits per heavy atom. The number of aromatic nitrogens is 1. The third-order valence-corrected chi connectivity index (χ3v) is 4.74. The molecule has 104 valence electrons. The van der Waals surface area contributed by atoms with E-state index in [-0.39, 0.29) is 5.56 Å². The standard InChI is InChI=1S/C13H17ClN2O2S/c1-2-19-10-4-3-9(6-10)16-12-11(14)5-8(7-15-12)13(17)18/h5,7,9-10H,2-4,6H2,1H3,(H,15,16)(H,17,18). The molecule has 0 saturated heterocycles. The summed E-state index contributed by atoms with van der Waals surface area (Å²) in [5.74, 6) is 0.712. The molecular weight excluding hydrogens is 284 g/mol. The van der Waals surface area contributed by atoms with Crippen LogP contribution in [0.3, 0.4) is 0 Å². The number of carboxylic acids is 1. The molecule has 19 heavy (non-hydrogen) atoms. The summed E-state index contributed by atoms with van der Waals surface area (Å²) < 4.78 is 0. The van der Waals surface area contributed by atoms with Crippen LogP contribution in [-0.2, 0) is 0 Å². The van der Waals surface area contributed by atoms with E-state index in [1.165, 1.54) is 18.7 Å². The van der Waals surface area contributed by atoms with Gasteiger partial charge in [-0.1, -0.05) is 18.5 Å². The van der Waals surface area contributed by atoms with Gasteiger partial charge in [-0.15, -0.1) is 0 Å². The summed E-state index contributed by atoms with van der Waals surface area (Å²) in [5.41, 5.74) is 0.112. The molecule has 1 saturated carbocycles. The smallest absolute Gasteiger partial charge is 0.337 e. The summed E-state index contributed by atoms with van der Waals surface area (Å²) in [6.45, 7) is 2.18. The number of thioether (sulfide) groups is 1. The van der Waals surface area contributed by atoms with Crippen LogP contribution < -0.4 is 5.32 Å². The van der Waals surface area contributed by atoms with Crippen LogP contribution >= 0.6 is 23.4 Å². The number of carbonyl (C=O) groups is 1. The number of hydrogen-bond donors (Lipinski definition) is 2. The van der Waals surface area contributed by atoms with Crippen LogP contribution in [0.25, 0.3) is 0 Å². The second-order valence-electron chi connectivity index (χ2n) is 4.59. The summed E-state index contributed by atoms with van der Waals surface area (Å²) >= 11 is 8.05. The maximum atomic E-state index is 10.8. The molecule has 0 aliphatic heterocycles. The highest BCUT2D eigenvalue weighted by molar-refractivity contribution is 7.99. The highest BCUT2D eigenvalue weighted by Crippen LogP contribution is 2.32. The van der Waals surface area contributed by atoms with Crippen molar-refractivity contribution in [3.8, 4) is 0 Å². The van der Waals surface area contributed by atoms with Crippen molar-refractivity contribution >= 4 is 35.1 Å². The molecule has 1 aliphatic rings.